The highest BCUT2D eigenvalue weighted by atomic mass is 16.5. The molecule has 0 radical (unpaired) electrons. The van der Waals surface area contributed by atoms with Crippen molar-refractivity contribution in [1.29, 1.82) is 5.26 Å². The zero-order chi connectivity index (χ0) is 16.7. The van der Waals surface area contributed by atoms with E-state index in [0.717, 1.165) is 11.1 Å². The van der Waals surface area contributed by atoms with Gasteiger partial charge in [-0.25, -0.2) is 0 Å². The van der Waals surface area contributed by atoms with Gasteiger partial charge < -0.3 is 4.74 Å². The van der Waals surface area contributed by atoms with Gasteiger partial charge in [-0.2, -0.15) is 5.26 Å². The smallest absolute Gasteiger partial charge is 0.276 e. The highest BCUT2D eigenvalue weighted by Gasteiger charge is 2.04. The van der Waals surface area contributed by atoms with Crippen LogP contribution in [-0.4, -0.2) is 18.4 Å². The van der Waals surface area contributed by atoms with E-state index in [1.807, 2.05) is 24.3 Å². The maximum atomic E-state index is 11.4. The SMILES string of the molecule is CC(=O)NNC(=O)COc1ccc(-c2ccc(C#N)cc2)cc1. The fraction of sp³-hybridized carbons (Fsp3) is 0.118. The van der Waals surface area contributed by atoms with Crippen LogP contribution in [0, 0.1) is 11.3 Å². The van der Waals surface area contributed by atoms with Crippen LogP contribution in [0.2, 0.25) is 0 Å². The van der Waals surface area contributed by atoms with Crippen LogP contribution in [0.25, 0.3) is 11.1 Å². The number of carbonyl (C=O) groups excluding carboxylic acids is 2. The standard InChI is InChI=1S/C17H15N3O3/c1-12(21)19-20-17(22)11-23-16-8-6-15(7-9-16)14-4-2-13(10-18)3-5-14/h2-9H,11H2,1H3,(H,19,21)(H,20,22). The number of benzene rings is 2. The molecule has 0 unspecified atom stereocenters. The number of ether oxygens (including phenoxy) is 1. The van der Waals surface area contributed by atoms with Crippen molar-refractivity contribution in [1.82, 2.24) is 10.9 Å². The van der Waals surface area contributed by atoms with Crippen molar-refractivity contribution >= 4 is 11.8 Å². The molecule has 0 aliphatic carbocycles. The van der Waals surface area contributed by atoms with E-state index in [1.54, 1.807) is 24.3 Å². The highest BCUT2D eigenvalue weighted by molar-refractivity contribution is 5.81. The zero-order valence-corrected chi connectivity index (χ0v) is 12.5. The van der Waals surface area contributed by atoms with Gasteiger partial charge in [0.05, 0.1) is 11.6 Å². The number of nitrogens with zero attached hydrogens (tertiary/aromatic N) is 1. The molecule has 0 atom stereocenters. The van der Waals surface area contributed by atoms with Crippen LogP contribution >= 0.6 is 0 Å². The van der Waals surface area contributed by atoms with Gasteiger partial charge in [0.1, 0.15) is 5.75 Å². The summed E-state index contributed by atoms with van der Waals surface area (Å²) in [6, 6.07) is 16.6. The molecule has 6 nitrogen and oxygen atoms in total. The monoisotopic (exact) mass is 309 g/mol. The lowest BCUT2D eigenvalue weighted by Crippen LogP contribution is -2.42. The topological polar surface area (TPSA) is 91.2 Å². The average Bonchev–Trinajstić information content (AvgIpc) is 2.58. The third kappa shape index (κ3) is 4.86. The summed E-state index contributed by atoms with van der Waals surface area (Å²) in [5, 5.41) is 8.79. The summed E-state index contributed by atoms with van der Waals surface area (Å²) >= 11 is 0. The maximum absolute atomic E-state index is 11.4. The molecule has 2 N–H and O–H groups in total. The van der Waals surface area contributed by atoms with Crippen LogP contribution in [-0.2, 0) is 9.59 Å². The normalized spacial score (nSPS) is 9.57. The van der Waals surface area contributed by atoms with Crippen molar-refractivity contribution < 1.29 is 14.3 Å². The van der Waals surface area contributed by atoms with E-state index < -0.39 is 5.91 Å². The van der Waals surface area contributed by atoms with Crippen molar-refractivity contribution in [2.24, 2.45) is 0 Å². The molecule has 2 rings (SSSR count). The average molecular weight is 309 g/mol. The Balaban J connectivity index is 1.92. The van der Waals surface area contributed by atoms with Gasteiger partial charge in [0.15, 0.2) is 6.61 Å². The number of carbonyl (C=O) groups is 2. The van der Waals surface area contributed by atoms with Crippen molar-refractivity contribution in [3.63, 3.8) is 0 Å². The highest BCUT2D eigenvalue weighted by Crippen LogP contribution is 2.22. The number of amides is 2. The van der Waals surface area contributed by atoms with Crippen LogP contribution in [0.15, 0.2) is 48.5 Å². The molecule has 0 saturated heterocycles. The molecule has 0 bridgehead atoms. The number of nitriles is 1. The molecule has 23 heavy (non-hydrogen) atoms. The number of hydrogen-bond acceptors (Lipinski definition) is 4. The summed E-state index contributed by atoms with van der Waals surface area (Å²) in [6.45, 7) is 1.10. The molecule has 6 heteroatoms. The Labute approximate surface area is 133 Å². The Hall–Kier alpha value is -3.33. The second kappa shape index (κ2) is 7.61. The zero-order valence-electron chi connectivity index (χ0n) is 12.5. The predicted molar refractivity (Wildman–Crippen MR) is 84.0 cm³/mol. The Morgan fingerprint density at radius 3 is 2.09 bits per heavy atom. The molecule has 0 fully saturated rings. The van der Waals surface area contributed by atoms with Crippen molar-refractivity contribution in [2.45, 2.75) is 6.92 Å². The van der Waals surface area contributed by atoms with Crippen molar-refractivity contribution in [2.75, 3.05) is 6.61 Å². The fourth-order valence-corrected chi connectivity index (χ4v) is 1.82. The van der Waals surface area contributed by atoms with E-state index in [2.05, 4.69) is 16.9 Å². The number of rotatable bonds is 4. The molecule has 0 spiro atoms. The van der Waals surface area contributed by atoms with E-state index in [9.17, 15) is 9.59 Å². The van der Waals surface area contributed by atoms with Crippen LogP contribution in [0.3, 0.4) is 0 Å². The lowest BCUT2D eigenvalue weighted by atomic mass is 10.0. The first-order chi connectivity index (χ1) is 11.1. The predicted octanol–water partition coefficient (Wildman–Crippen LogP) is 1.77. The Kier molecular flexibility index (Phi) is 5.31. The van der Waals surface area contributed by atoms with E-state index in [0.29, 0.717) is 11.3 Å². The summed E-state index contributed by atoms with van der Waals surface area (Å²) in [6.07, 6.45) is 0. The van der Waals surface area contributed by atoms with Crippen LogP contribution in [0.1, 0.15) is 12.5 Å². The fourth-order valence-electron chi connectivity index (χ4n) is 1.82. The molecule has 2 aromatic rings. The largest absolute Gasteiger partial charge is 0.484 e. The van der Waals surface area contributed by atoms with E-state index in [4.69, 9.17) is 10.00 Å². The maximum Gasteiger partial charge on any atom is 0.276 e. The first kappa shape index (κ1) is 16.0. The third-order valence-electron chi connectivity index (χ3n) is 2.95. The lowest BCUT2D eigenvalue weighted by Gasteiger charge is -2.08. The Morgan fingerprint density at radius 1 is 1.00 bits per heavy atom. The van der Waals surface area contributed by atoms with E-state index >= 15 is 0 Å². The molecule has 0 aliphatic heterocycles. The summed E-state index contributed by atoms with van der Waals surface area (Å²) in [7, 11) is 0. The first-order valence-electron chi connectivity index (χ1n) is 6.87. The molecular weight excluding hydrogens is 294 g/mol. The van der Waals surface area contributed by atoms with E-state index in [1.165, 1.54) is 6.92 Å². The van der Waals surface area contributed by atoms with E-state index in [-0.39, 0.29) is 12.5 Å². The Morgan fingerprint density at radius 2 is 1.57 bits per heavy atom. The van der Waals surface area contributed by atoms with Gasteiger partial charge in [0, 0.05) is 6.92 Å². The Bertz CT molecular complexity index is 731. The van der Waals surface area contributed by atoms with Gasteiger partial charge in [-0.05, 0) is 35.4 Å². The second-order valence-corrected chi connectivity index (χ2v) is 4.73. The van der Waals surface area contributed by atoms with Crippen LogP contribution < -0.4 is 15.6 Å². The molecule has 2 amide bonds. The second-order valence-electron chi connectivity index (χ2n) is 4.73. The quantitative estimate of drug-likeness (QED) is 0.842. The first-order valence-corrected chi connectivity index (χ1v) is 6.87. The van der Waals surface area contributed by atoms with Crippen molar-refractivity contribution in [3.8, 4) is 22.9 Å². The number of hydrogen-bond donors (Lipinski definition) is 2. The molecule has 116 valence electrons. The van der Waals surface area contributed by atoms with Gasteiger partial charge in [0.2, 0.25) is 5.91 Å². The molecule has 2 aromatic carbocycles. The molecule has 0 aliphatic rings. The minimum absolute atomic E-state index is 0.198. The minimum atomic E-state index is -0.448. The van der Waals surface area contributed by atoms with Gasteiger partial charge in [-0.1, -0.05) is 24.3 Å². The minimum Gasteiger partial charge on any atom is -0.484 e. The summed E-state index contributed by atoms with van der Waals surface area (Å²) in [5.41, 5.74) is 6.96. The van der Waals surface area contributed by atoms with Crippen molar-refractivity contribution in [3.05, 3.63) is 54.1 Å². The summed E-state index contributed by atoms with van der Waals surface area (Å²) in [4.78, 5) is 22.0. The summed E-state index contributed by atoms with van der Waals surface area (Å²) in [5.74, 6) is -0.262. The van der Waals surface area contributed by atoms with Gasteiger partial charge >= 0.3 is 0 Å². The van der Waals surface area contributed by atoms with Gasteiger partial charge in [-0.3, -0.25) is 20.4 Å². The van der Waals surface area contributed by atoms with Gasteiger partial charge in [0.25, 0.3) is 5.91 Å². The lowest BCUT2D eigenvalue weighted by molar-refractivity contribution is -0.129. The molecular formula is C17H15N3O3. The summed E-state index contributed by atoms with van der Waals surface area (Å²) < 4.78 is 5.32. The van der Waals surface area contributed by atoms with Gasteiger partial charge in [-0.15, -0.1) is 0 Å². The molecule has 0 aromatic heterocycles. The van der Waals surface area contributed by atoms with Crippen LogP contribution in [0.5, 0.6) is 5.75 Å². The van der Waals surface area contributed by atoms with Crippen LogP contribution in [0.4, 0.5) is 0 Å². The molecule has 0 saturated carbocycles. The third-order valence-corrected chi connectivity index (χ3v) is 2.95. The molecule has 0 heterocycles. The number of hydrazine groups is 1. The number of nitrogens with one attached hydrogen (secondary N) is 2.